The van der Waals surface area contributed by atoms with E-state index >= 15 is 0 Å². The van der Waals surface area contributed by atoms with Gasteiger partial charge in [0.2, 0.25) is 0 Å². The van der Waals surface area contributed by atoms with Gasteiger partial charge in [-0.25, -0.2) is 0 Å². The van der Waals surface area contributed by atoms with Crippen LogP contribution in [0.15, 0.2) is 6.07 Å². The van der Waals surface area contributed by atoms with Gasteiger partial charge in [0.1, 0.15) is 6.54 Å². The van der Waals surface area contributed by atoms with Crippen molar-refractivity contribution in [1.82, 2.24) is 4.90 Å². The number of aliphatic carboxylic acids is 1. The maximum absolute atomic E-state index is 12.4. The van der Waals surface area contributed by atoms with E-state index in [1.807, 2.05) is 6.07 Å². The molecular formula is C13H17NO5S. The SMILES string of the molecule is COCCN(CC(=O)O)C(=O)c1cc2c(s1)CCOC2. The predicted molar refractivity (Wildman–Crippen MR) is 73.1 cm³/mol. The Morgan fingerprint density at radius 3 is 3.00 bits per heavy atom. The average molecular weight is 299 g/mol. The van der Waals surface area contributed by atoms with Gasteiger partial charge in [0, 0.05) is 25.0 Å². The van der Waals surface area contributed by atoms with Gasteiger partial charge in [0.05, 0.1) is 24.7 Å². The lowest BCUT2D eigenvalue weighted by Gasteiger charge is -2.19. The number of rotatable bonds is 6. The lowest BCUT2D eigenvalue weighted by molar-refractivity contribution is -0.137. The number of methoxy groups -OCH3 is 1. The molecule has 0 aliphatic carbocycles. The molecular weight excluding hydrogens is 282 g/mol. The molecule has 0 bridgehead atoms. The Morgan fingerprint density at radius 2 is 2.35 bits per heavy atom. The standard InChI is InChI=1S/C13H17NO5S/c1-18-5-3-14(7-12(15)16)13(17)11-6-9-8-19-4-2-10(9)20-11/h6H,2-5,7-8H2,1H3,(H,15,16). The van der Waals surface area contributed by atoms with E-state index in [9.17, 15) is 9.59 Å². The Morgan fingerprint density at radius 1 is 1.55 bits per heavy atom. The molecule has 1 aliphatic rings. The molecule has 2 heterocycles. The van der Waals surface area contributed by atoms with Crippen molar-refractivity contribution in [2.24, 2.45) is 0 Å². The molecule has 6 nitrogen and oxygen atoms in total. The second-order valence-electron chi connectivity index (χ2n) is 4.47. The van der Waals surface area contributed by atoms with Gasteiger partial charge >= 0.3 is 5.97 Å². The fraction of sp³-hybridized carbons (Fsp3) is 0.538. The van der Waals surface area contributed by atoms with Gasteiger partial charge in [-0.1, -0.05) is 0 Å². The number of carbonyl (C=O) groups is 2. The van der Waals surface area contributed by atoms with E-state index in [0.29, 0.717) is 24.7 Å². The Kier molecular flexibility index (Phi) is 5.11. The van der Waals surface area contributed by atoms with Crippen LogP contribution in [0.5, 0.6) is 0 Å². The number of thiophene rings is 1. The van der Waals surface area contributed by atoms with Crippen molar-refractivity contribution in [3.05, 3.63) is 21.4 Å². The Balaban J connectivity index is 2.13. The Hall–Kier alpha value is -1.44. The van der Waals surface area contributed by atoms with Gasteiger partial charge < -0.3 is 19.5 Å². The molecule has 110 valence electrons. The van der Waals surface area contributed by atoms with Crippen molar-refractivity contribution in [3.63, 3.8) is 0 Å². The second-order valence-corrected chi connectivity index (χ2v) is 5.61. The van der Waals surface area contributed by atoms with E-state index in [0.717, 1.165) is 16.9 Å². The first-order valence-corrected chi connectivity index (χ1v) is 7.12. The zero-order chi connectivity index (χ0) is 14.5. The zero-order valence-corrected chi connectivity index (χ0v) is 12.1. The van der Waals surface area contributed by atoms with E-state index in [1.54, 1.807) is 0 Å². The van der Waals surface area contributed by atoms with Crippen LogP contribution in [0.4, 0.5) is 0 Å². The topological polar surface area (TPSA) is 76.1 Å². The molecule has 1 aromatic rings. The van der Waals surface area contributed by atoms with E-state index in [2.05, 4.69) is 0 Å². The zero-order valence-electron chi connectivity index (χ0n) is 11.3. The van der Waals surface area contributed by atoms with Crippen LogP contribution in [-0.2, 0) is 27.3 Å². The molecule has 1 aliphatic heterocycles. The summed E-state index contributed by atoms with van der Waals surface area (Å²) in [4.78, 5) is 26.2. The number of carboxylic acid groups (broad SMARTS) is 1. The van der Waals surface area contributed by atoms with Gasteiger partial charge in [-0.2, -0.15) is 0 Å². The van der Waals surface area contributed by atoms with Crippen LogP contribution in [0.1, 0.15) is 20.1 Å². The third kappa shape index (κ3) is 3.56. The van der Waals surface area contributed by atoms with Crippen molar-refractivity contribution >= 4 is 23.2 Å². The number of amides is 1. The monoisotopic (exact) mass is 299 g/mol. The molecule has 0 radical (unpaired) electrons. The van der Waals surface area contributed by atoms with Gasteiger partial charge in [-0.3, -0.25) is 9.59 Å². The highest BCUT2D eigenvalue weighted by Gasteiger charge is 2.23. The Labute approximate surface area is 120 Å². The van der Waals surface area contributed by atoms with Crippen LogP contribution < -0.4 is 0 Å². The highest BCUT2D eigenvalue weighted by molar-refractivity contribution is 7.14. The van der Waals surface area contributed by atoms with E-state index in [1.165, 1.54) is 23.3 Å². The summed E-state index contributed by atoms with van der Waals surface area (Å²) in [7, 11) is 1.52. The third-order valence-electron chi connectivity index (χ3n) is 3.02. The molecule has 0 fully saturated rings. The lowest BCUT2D eigenvalue weighted by atomic mass is 10.2. The summed E-state index contributed by atoms with van der Waals surface area (Å²) in [6, 6.07) is 1.81. The summed E-state index contributed by atoms with van der Waals surface area (Å²) in [5.74, 6) is -1.29. The molecule has 20 heavy (non-hydrogen) atoms. The van der Waals surface area contributed by atoms with E-state index < -0.39 is 5.97 Å². The van der Waals surface area contributed by atoms with Gasteiger partial charge in [0.25, 0.3) is 5.91 Å². The van der Waals surface area contributed by atoms with Crippen molar-refractivity contribution in [3.8, 4) is 0 Å². The van der Waals surface area contributed by atoms with Gasteiger partial charge in [0.15, 0.2) is 0 Å². The normalized spacial score (nSPS) is 13.8. The maximum Gasteiger partial charge on any atom is 0.323 e. The van der Waals surface area contributed by atoms with Crippen molar-refractivity contribution < 1.29 is 24.2 Å². The number of carboxylic acids is 1. The summed E-state index contributed by atoms with van der Waals surface area (Å²) in [6.07, 6.45) is 0.810. The second kappa shape index (κ2) is 6.83. The number of fused-ring (bicyclic) bond motifs is 1. The third-order valence-corrected chi connectivity index (χ3v) is 4.24. The van der Waals surface area contributed by atoms with Crippen molar-refractivity contribution in [2.75, 3.05) is 33.4 Å². The van der Waals surface area contributed by atoms with Crippen molar-refractivity contribution in [1.29, 1.82) is 0 Å². The largest absolute Gasteiger partial charge is 0.480 e. The predicted octanol–water partition coefficient (Wildman–Crippen LogP) is 0.994. The first-order chi connectivity index (χ1) is 9.61. The molecule has 7 heteroatoms. The summed E-state index contributed by atoms with van der Waals surface area (Å²) in [5, 5.41) is 8.89. The molecule has 1 aromatic heterocycles. The summed E-state index contributed by atoms with van der Waals surface area (Å²) >= 11 is 1.43. The molecule has 0 aromatic carbocycles. The molecule has 0 spiro atoms. The molecule has 0 atom stereocenters. The van der Waals surface area contributed by atoms with Crippen LogP contribution in [0.2, 0.25) is 0 Å². The van der Waals surface area contributed by atoms with Crippen molar-refractivity contribution in [2.45, 2.75) is 13.0 Å². The first-order valence-electron chi connectivity index (χ1n) is 6.31. The fourth-order valence-electron chi connectivity index (χ4n) is 2.03. The fourth-order valence-corrected chi connectivity index (χ4v) is 3.14. The van der Waals surface area contributed by atoms with Gasteiger partial charge in [-0.05, 0) is 11.6 Å². The summed E-state index contributed by atoms with van der Waals surface area (Å²) in [6.45, 7) is 1.45. The highest BCUT2D eigenvalue weighted by atomic mass is 32.1. The molecule has 2 rings (SSSR count). The minimum Gasteiger partial charge on any atom is -0.480 e. The van der Waals surface area contributed by atoms with Gasteiger partial charge in [-0.15, -0.1) is 11.3 Å². The van der Waals surface area contributed by atoms with Crippen LogP contribution in [0.25, 0.3) is 0 Å². The van der Waals surface area contributed by atoms with Crippen LogP contribution in [0.3, 0.4) is 0 Å². The molecule has 0 saturated heterocycles. The number of carbonyl (C=O) groups excluding carboxylic acids is 1. The maximum atomic E-state index is 12.4. The molecule has 0 saturated carbocycles. The number of hydrogen-bond acceptors (Lipinski definition) is 5. The highest BCUT2D eigenvalue weighted by Crippen LogP contribution is 2.27. The first kappa shape index (κ1) is 15.0. The average Bonchev–Trinajstić information content (AvgIpc) is 2.86. The summed E-state index contributed by atoms with van der Waals surface area (Å²) < 4.78 is 10.3. The number of hydrogen-bond donors (Lipinski definition) is 1. The molecule has 1 amide bonds. The summed E-state index contributed by atoms with van der Waals surface area (Å²) in [5.41, 5.74) is 1.03. The number of ether oxygens (including phenoxy) is 2. The molecule has 1 N–H and O–H groups in total. The van der Waals surface area contributed by atoms with Crippen LogP contribution in [-0.4, -0.2) is 55.3 Å². The van der Waals surface area contributed by atoms with Crippen LogP contribution in [0, 0.1) is 0 Å². The minimum atomic E-state index is -1.03. The van der Waals surface area contributed by atoms with E-state index in [4.69, 9.17) is 14.6 Å². The lowest BCUT2D eigenvalue weighted by Crippen LogP contribution is -2.37. The minimum absolute atomic E-state index is 0.260. The van der Waals surface area contributed by atoms with E-state index in [-0.39, 0.29) is 19.0 Å². The van der Waals surface area contributed by atoms with Crippen LogP contribution >= 0.6 is 11.3 Å². The Bertz CT molecular complexity index is 475. The number of nitrogens with zero attached hydrogens (tertiary/aromatic N) is 1. The smallest absolute Gasteiger partial charge is 0.323 e. The quantitative estimate of drug-likeness (QED) is 0.848. The molecule has 0 unspecified atom stereocenters.